The zero-order chi connectivity index (χ0) is 37.0. The Kier molecular flexibility index (Phi) is 7.87. The second kappa shape index (κ2) is 13.5. The first-order valence-corrected chi connectivity index (χ1v) is 20.3. The summed E-state index contributed by atoms with van der Waals surface area (Å²) in [7, 11) is 0. The van der Waals surface area contributed by atoms with Crippen LogP contribution in [0.25, 0.3) is 108 Å². The van der Waals surface area contributed by atoms with Crippen LogP contribution in [0.15, 0.2) is 188 Å². The maximum Gasteiger partial charge on any atom is 0.164 e. The molecule has 56 heavy (non-hydrogen) atoms. The molecule has 11 rings (SSSR count). The molecule has 0 amide bonds. The van der Waals surface area contributed by atoms with Crippen molar-refractivity contribution in [1.29, 1.82) is 0 Å². The van der Waals surface area contributed by atoms with Crippen LogP contribution in [0.1, 0.15) is 0 Å². The molecule has 0 radical (unpaired) electrons. The van der Waals surface area contributed by atoms with Gasteiger partial charge in [-0.05, 0) is 57.6 Å². The van der Waals surface area contributed by atoms with Crippen molar-refractivity contribution >= 4 is 63.0 Å². The molecule has 0 aliphatic rings. The molecular weight excluding hydrogens is 719 g/mol. The highest BCUT2D eigenvalue weighted by Gasteiger charge is 2.17. The van der Waals surface area contributed by atoms with E-state index in [-0.39, 0.29) is 0 Å². The molecule has 0 atom stereocenters. The fourth-order valence-electron chi connectivity index (χ4n) is 7.85. The second-order valence-electron chi connectivity index (χ2n) is 14.0. The summed E-state index contributed by atoms with van der Waals surface area (Å²) in [5, 5.41) is 5.13. The fraction of sp³-hybridized carbons (Fsp3) is 0. The van der Waals surface area contributed by atoms with Gasteiger partial charge >= 0.3 is 0 Å². The van der Waals surface area contributed by atoms with Crippen LogP contribution >= 0.6 is 22.7 Å². The Balaban J connectivity index is 0.999. The lowest BCUT2D eigenvalue weighted by Gasteiger charge is -2.12. The van der Waals surface area contributed by atoms with Crippen molar-refractivity contribution in [3.8, 4) is 67.5 Å². The molecule has 0 saturated carbocycles. The molecule has 0 fully saturated rings. The second-order valence-corrected chi connectivity index (χ2v) is 16.1. The summed E-state index contributed by atoms with van der Waals surface area (Å²) in [5.74, 6) is 1.97. The van der Waals surface area contributed by atoms with Gasteiger partial charge in [0.05, 0.1) is 0 Å². The van der Waals surface area contributed by atoms with Gasteiger partial charge in [0, 0.05) is 57.0 Å². The predicted molar refractivity (Wildman–Crippen MR) is 238 cm³/mol. The Hall–Kier alpha value is -6.79. The lowest BCUT2D eigenvalue weighted by molar-refractivity contribution is 1.07. The minimum Gasteiger partial charge on any atom is -0.208 e. The van der Waals surface area contributed by atoms with E-state index in [1.807, 2.05) is 46.9 Å². The van der Waals surface area contributed by atoms with Crippen LogP contribution in [0.5, 0.6) is 0 Å². The largest absolute Gasteiger partial charge is 0.208 e. The number of hydrogen-bond donors (Lipinski definition) is 0. The summed E-state index contributed by atoms with van der Waals surface area (Å²) >= 11 is 3.68. The van der Waals surface area contributed by atoms with Gasteiger partial charge in [0.25, 0.3) is 0 Å². The summed E-state index contributed by atoms with van der Waals surface area (Å²) < 4.78 is 5.09. The van der Waals surface area contributed by atoms with Crippen LogP contribution in [0.2, 0.25) is 0 Å². The van der Waals surface area contributed by atoms with Gasteiger partial charge in [-0.1, -0.05) is 164 Å². The van der Waals surface area contributed by atoms with E-state index in [0.29, 0.717) is 17.5 Å². The Morgan fingerprint density at radius 2 is 0.732 bits per heavy atom. The van der Waals surface area contributed by atoms with E-state index < -0.39 is 0 Å². The van der Waals surface area contributed by atoms with Crippen molar-refractivity contribution in [2.75, 3.05) is 0 Å². The Morgan fingerprint density at radius 1 is 0.268 bits per heavy atom. The smallest absolute Gasteiger partial charge is 0.164 e. The molecule has 3 heterocycles. The standard InChI is InChI=1S/C51H31N3S2/c1-3-12-32(13-4-1)33-22-24-35(25-23-33)50-52-49(34-14-5-2-6-15-34)53-51(54-50)37-27-29-41-40-28-26-36(30-46(40)56-47(41)31-37)38-16-7-8-17-39(38)42-19-11-21-45-48(42)43-18-9-10-20-44(43)55-45/h1-31H. The number of thiophene rings is 2. The van der Waals surface area contributed by atoms with Gasteiger partial charge in [0.2, 0.25) is 0 Å². The molecule has 0 N–H and O–H groups in total. The quantitative estimate of drug-likeness (QED) is 0.170. The number of aromatic nitrogens is 3. The minimum atomic E-state index is 0.652. The van der Waals surface area contributed by atoms with Gasteiger partial charge < -0.3 is 0 Å². The fourth-order valence-corrected chi connectivity index (χ4v) is 10.2. The lowest BCUT2D eigenvalue weighted by atomic mass is 9.91. The first kappa shape index (κ1) is 32.6. The molecule has 5 heteroatoms. The molecule has 3 nitrogen and oxygen atoms in total. The van der Waals surface area contributed by atoms with Crippen molar-refractivity contribution in [3.05, 3.63) is 188 Å². The summed E-state index contributed by atoms with van der Waals surface area (Å²) in [6, 6.07) is 66.9. The molecule has 0 spiro atoms. The first-order chi connectivity index (χ1) is 27.7. The van der Waals surface area contributed by atoms with Gasteiger partial charge in [-0.15, -0.1) is 22.7 Å². The van der Waals surface area contributed by atoms with Crippen LogP contribution in [0.4, 0.5) is 0 Å². The van der Waals surface area contributed by atoms with Gasteiger partial charge in [-0.3, -0.25) is 0 Å². The van der Waals surface area contributed by atoms with Crippen LogP contribution in [-0.2, 0) is 0 Å². The molecule has 8 aromatic carbocycles. The average molecular weight is 750 g/mol. The van der Waals surface area contributed by atoms with Crippen molar-refractivity contribution in [3.63, 3.8) is 0 Å². The van der Waals surface area contributed by atoms with Crippen molar-refractivity contribution < 1.29 is 0 Å². The summed E-state index contributed by atoms with van der Waals surface area (Å²) in [6.45, 7) is 0. The molecule has 262 valence electrons. The van der Waals surface area contributed by atoms with Crippen LogP contribution in [0.3, 0.4) is 0 Å². The van der Waals surface area contributed by atoms with Crippen molar-refractivity contribution in [2.24, 2.45) is 0 Å². The highest BCUT2D eigenvalue weighted by atomic mass is 32.1. The number of fused-ring (bicyclic) bond motifs is 6. The molecule has 3 aromatic heterocycles. The summed E-state index contributed by atoms with van der Waals surface area (Å²) in [4.78, 5) is 15.1. The van der Waals surface area contributed by atoms with Gasteiger partial charge in [0.15, 0.2) is 17.5 Å². The molecule has 0 unspecified atom stereocenters. The van der Waals surface area contributed by atoms with Crippen molar-refractivity contribution in [2.45, 2.75) is 0 Å². The van der Waals surface area contributed by atoms with Crippen LogP contribution in [-0.4, -0.2) is 15.0 Å². The topological polar surface area (TPSA) is 38.7 Å². The summed E-state index contributed by atoms with van der Waals surface area (Å²) in [5.41, 5.74) is 10.2. The Morgan fingerprint density at radius 3 is 1.46 bits per heavy atom. The molecule has 0 saturated heterocycles. The van der Waals surface area contributed by atoms with E-state index in [9.17, 15) is 0 Å². The van der Waals surface area contributed by atoms with Crippen molar-refractivity contribution in [1.82, 2.24) is 15.0 Å². The number of benzene rings is 8. The molecule has 0 bridgehead atoms. The zero-order valence-electron chi connectivity index (χ0n) is 30.1. The predicted octanol–water partition coefficient (Wildman–Crippen LogP) is 14.6. The maximum atomic E-state index is 5.07. The van der Waals surface area contributed by atoms with E-state index >= 15 is 0 Å². The average Bonchev–Trinajstić information content (AvgIpc) is 3.85. The Bertz CT molecular complexity index is 3240. The number of rotatable bonds is 6. The number of hydrogen-bond acceptors (Lipinski definition) is 5. The van der Waals surface area contributed by atoms with E-state index in [2.05, 4.69) is 164 Å². The van der Waals surface area contributed by atoms with E-state index in [1.165, 1.54) is 68.2 Å². The highest BCUT2D eigenvalue weighted by molar-refractivity contribution is 7.26. The third-order valence-corrected chi connectivity index (χ3v) is 12.8. The normalized spacial score (nSPS) is 11.6. The van der Waals surface area contributed by atoms with Gasteiger partial charge in [0.1, 0.15) is 0 Å². The monoisotopic (exact) mass is 749 g/mol. The zero-order valence-corrected chi connectivity index (χ0v) is 31.7. The van der Waals surface area contributed by atoms with E-state index in [1.54, 1.807) is 0 Å². The summed E-state index contributed by atoms with van der Waals surface area (Å²) in [6.07, 6.45) is 0. The minimum absolute atomic E-state index is 0.652. The molecule has 0 aliphatic heterocycles. The first-order valence-electron chi connectivity index (χ1n) is 18.7. The third kappa shape index (κ3) is 5.68. The van der Waals surface area contributed by atoms with Gasteiger partial charge in [-0.2, -0.15) is 0 Å². The molecular formula is C51H31N3S2. The van der Waals surface area contributed by atoms with Crippen LogP contribution in [0, 0.1) is 0 Å². The SMILES string of the molecule is c1ccc(-c2ccc(-c3nc(-c4ccccc4)nc(-c4ccc5c(c4)sc4cc(-c6ccccc6-c6cccc7sc8ccccc8c67)ccc45)n3)cc2)cc1. The van der Waals surface area contributed by atoms with E-state index in [0.717, 1.165) is 22.3 Å². The van der Waals surface area contributed by atoms with Crippen LogP contribution < -0.4 is 0 Å². The highest BCUT2D eigenvalue weighted by Crippen LogP contribution is 2.44. The molecule has 11 aromatic rings. The van der Waals surface area contributed by atoms with Gasteiger partial charge in [-0.25, -0.2) is 15.0 Å². The lowest BCUT2D eigenvalue weighted by Crippen LogP contribution is -2.00. The Labute approximate surface area is 331 Å². The van der Waals surface area contributed by atoms with E-state index in [4.69, 9.17) is 15.0 Å². The third-order valence-electron chi connectivity index (χ3n) is 10.6. The number of nitrogens with zero attached hydrogens (tertiary/aromatic N) is 3. The maximum absolute atomic E-state index is 5.07. The molecule has 0 aliphatic carbocycles.